The second-order valence-corrected chi connectivity index (χ2v) is 2.62. The molecule has 0 aliphatic heterocycles. The highest BCUT2D eigenvalue weighted by atomic mass is 16.2. The fourth-order valence-electron chi connectivity index (χ4n) is 1.18. The highest BCUT2D eigenvalue weighted by Gasteiger charge is 2.23. The predicted molar refractivity (Wildman–Crippen MR) is 45.4 cm³/mol. The first-order valence-corrected chi connectivity index (χ1v) is 3.81. The van der Waals surface area contributed by atoms with E-state index in [2.05, 4.69) is 5.32 Å². The molecule has 64 valence electrons. The number of carbonyl (C=O) groups excluding carboxylic acids is 2. The lowest BCUT2D eigenvalue weighted by Gasteiger charge is -2.16. The Kier molecular flexibility index (Phi) is 2.80. The molecule has 0 aromatic rings. The lowest BCUT2D eigenvalue weighted by molar-refractivity contribution is -0.126. The van der Waals surface area contributed by atoms with E-state index in [-0.39, 0.29) is 17.7 Å². The first-order chi connectivity index (χ1) is 5.79. The van der Waals surface area contributed by atoms with Crippen molar-refractivity contribution in [3.05, 3.63) is 24.3 Å². The molecule has 1 N–H and O–H groups in total. The third kappa shape index (κ3) is 1.61. The summed E-state index contributed by atoms with van der Waals surface area (Å²) < 4.78 is 0. The second kappa shape index (κ2) is 3.85. The maximum Gasteiger partial charge on any atom is 0.227 e. The minimum Gasteiger partial charge on any atom is -0.359 e. The number of nitrogens with one attached hydrogen (secondary N) is 1. The molecule has 0 aromatic carbocycles. The van der Waals surface area contributed by atoms with Gasteiger partial charge < -0.3 is 10.1 Å². The van der Waals surface area contributed by atoms with Gasteiger partial charge >= 0.3 is 0 Å². The summed E-state index contributed by atoms with van der Waals surface area (Å²) in [4.78, 5) is 21.7. The first kappa shape index (κ1) is 8.71. The molecular formula is C9H11NO2. The SMILES string of the molecule is CNC(=O)C1C=CC=CC1C=O. The molecule has 2 unspecified atom stereocenters. The molecule has 0 bridgehead atoms. The number of amides is 1. The van der Waals surface area contributed by atoms with E-state index < -0.39 is 0 Å². The largest absolute Gasteiger partial charge is 0.359 e. The van der Waals surface area contributed by atoms with Crippen molar-refractivity contribution in [1.82, 2.24) is 5.32 Å². The van der Waals surface area contributed by atoms with Crippen LogP contribution in [0, 0.1) is 11.8 Å². The van der Waals surface area contributed by atoms with Crippen molar-refractivity contribution < 1.29 is 9.59 Å². The average Bonchev–Trinajstić information content (AvgIpc) is 2.16. The van der Waals surface area contributed by atoms with Crippen molar-refractivity contribution in [3.63, 3.8) is 0 Å². The van der Waals surface area contributed by atoms with E-state index in [1.165, 1.54) is 0 Å². The molecule has 3 nitrogen and oxygen atoms in total. The summed E-state index contributed by atoms with van der Waals surface area (Å²) in [5.41, 5.74) is 0. The number of rotatable bonds is 2. The summed E-state index contributed by atoms with van der Waals surface area (Å²) >= 11 is 0. The van der Waals surface area contributed by atoms with Crippen LogP contribution in [-0.4, -0.2) is 19.2 Å². The topological polar surface area (TPSA) is 46.2 Å². The molecule has 2 atom stereocenters. The van der Waals surface area contributed by atoms with Crippen LogP contribution >= 0.6 is 0 Å². The Hall–Kier alpha value is -1.38. The third-order valence-electron chi connectivity index (χ3n) is 1.88. The van der Waals surface area contributed by atoms with Gasteiger partial charge in [-0.3, -0.25) is 4.79 Å². The summed E-state index contributed by atoms with van der Waals surface area (Å²) in [6, 6.07) is 0. The molecule has 0 saturated heterocycles. The summed E-state index contributed by atoms with van der Waals surface area (Å²) in [6.07, 6.45) is 7.81. The van der Waals surface area contributed by atoms with Crippen molar-refractivity contribution in [3.8, 4) is 0 Å². The number of hydrogen-bond acceptors (Lipinski definition) is 2. The summed E-state index contributed by atoms with van der Waals surface area (Å²) in [5.74, 6) is -0.764. The standard InChI is InChI=1S/C9H11NO2/c1-10-9(12)8-5-3-2-4-7(8)6-11/h2-8H,1H3,(H,10,12). The second-order valence-electron chi connectivity index (χ2n) is 2.62. The third-order valence-corrected chi connectivity index (χ3v) is 1.88. The Morgan fingerprint density at radius 3 is 2.67 bits per heavy atom. The van der Waals surface area contributed by atoms with Crippen molar-refractivity contribution in [2.75, 3.05) is 7.05 Å². The maximum absolute atomic E-state index is 11.2. The van der Waals surface area contributed by atoms with Crippen LogP contribution in [0.3, 0.4) is 0 Å². The van der Waals surface area contributed by atoms with E-state index in [9.17, 15) is 9.59 Å². The molecule has 0 spiro atoms. The normalized spacial score (nSPS) is 26.8. The van der Waals surface area contributed by atoms with Gasteiger partial charge in [0.25, 0.3) is 0 Å². The van der Waals surface area contributed by atoms with E-state index >= 15 is 0 Å². The van der Waals surface area contributed by atoms with Gasteiger partial charge in [-0.25, -0.2) is 0 Å². The number of carbonyl (C=O) groups is 2. The maximum atomic E-state index is 11.2. The highest BCUT2D eigenvalue weighted by Crippen LogP contribution is 2.17. The molecule has 0 saturated carbocycles. The van der Waals surface area contributed by atoms with Crippen molar-refractivity contribution in [2.45, 2.75) is 0 Å². The highest BCUT2D eigenvalue weighted by molar-refractivity contribution is 5.84. The molecule has 1 aliphatic carbocycles. The van der Waals surface area contributed by atoms with Crippen LogP contribution in [0.15, 0.2) is 24.3 Å². The summed E-state index contributed by atoms with van der Waals surface area (Å²) in [6.45, 7) is 0. The Morgan fingerprint density at radius 2 is 2.08 bits per heavy atom. The average molecular weight is 165 g/mol. The Labute approximate surface area is 71.1 Å². The molecule has 1 rings (SSSR count). The lowest BCUT2D eigenvalue weighted by atomic mass is 9.89. The predicted octanol–water partition coefficient (Wildman–Crippen LogP) is 0.290. The lowest BCUT2D eigenvalue weighted by Crippen LogP contribution is -2.32. The molecule has 1 aliphatic rings. The Balaban J connectivity index is 2.75. The number of aldehydes is 1. The van der Waals surface area contributed by atoms with Crippen LogP contribution in [0.25, 0.3) is 0 Å². The van der Waals surface area contributed by atoms with E-state index in [1.54, 1.807) is 31.4 Å². The zero-order valence-electron chi connectivity index (χ0n) is 6.86. The van der Waals surface area contributed by atoms with Crippen LogP contribution < -0.4 is 5.32 Å². The van der Waals surface area contributed by atoms with Crippen molar-refractivity contribution >= 4 is 12.2 Å². The van der Waals surface area contributed by atoms with Gasteiger partial charge in [-0.15, -0.1) is 0 Å². The van der Waals surface area contributed by atoms with Gasteiger partial charge in [-0.2, -0.15) is 0 Å². The van der Waals surface area contributed by atoms with E-state index in [1.807, 2.05) is 0 Å². The molecule has 12 heavy (non-hydrogen) atoms. The van der Waals surface area contributed by atoms with Crippen molar-refractivity contribution in [2.24, 2.45) is 11.8 Å². The van der Waals surface area contributed by atoms with Gasteiger partial charge in [0.2, 0.25) is 5.91 Å². The van der Waals surface area contributed by atoms with E-state index in [0.29, 0.717) is 0 Å². The molecular weight excluding hydrogens is 154 g/mol. The van der Waals surface area contributed by atoms with Crippen LogP contribution in [0.2, 0.25) is 0 Å². The van der Waals surface area contributed by atoms with Crippen LogP contribution in [0.5, 0.6) is 0 Å². The van der Waals surface area contributed by atoms with Crippen LogP contribution in [0.4, 0.5) is 0 Å². The minimum absolute atomic E-state index is 0.118. The molecule has 0 fully saturated rings. The molecule has 0 heterocycles. The van der Waals surface area contributed by atoms with Gasteiger partial charge in [0, 0.05) is 13.0 Å². The number of hydrogen-bond donors (Lipinski definition) is 1. The van der Waals surface area contributed by atoms with E-state index in [4.69, 9.17) is 0 Å². The Bertz CT molecular complexity index is 243. The zero-order valence-corrected chi connectivity index (χ0v) is 6.86. The summed E-state index contributed by atoms with van der Waals surface area (Å²) in [7, 11) is 1.57. The Morgan fingerprint density at radius 1 is 1.42 bits per heavy atom. The minimum atomic E-state index is -0.336. The van der Waals surface area contributed by atoms with Gasteiger partial charge in [-0.1, -0.05) is 24.3 Å². The van der Waals surface area contributed by atoms with E-state index in [0.717, 1.165) is 6.29 Å². The monoisotopic (exact) mass is 165 g/mol. The van der Waals surface area contributed by atoms with Gasteiger partial charge in [-0.05, 0) is 0 Å². The smallest absolute Gasteiger partial charge is 0.227 e. The van der Waals surface area contributed by atoms with Gasteiger partial charge in [0.1, 0.15) is 6.29 Å². The fourth-order valence-corrected chi connectivity index (χ4v) is 1.18. The number of allylic oxidation sites excluding steroid dienone is 3. The quantitative estimate of drug-likeness (QED) is 0.598. The molecule has 3 heteroatoms. The summed E-state index contributed by atoms with van der Waals surface area (Å²) in [5, 5.41) is 2.52. The zero-order chi connectivity index (χ0) is 8.97. The van der Waals surface area contributed by atoms with Crippen LogP contribution in [-0.2, 0) is 9.59 Å². The molecule has 0 aromatic heterocycles. The molecule has 0 radical (unpaired) electrons. The van der Waals surface area contributed by atoms with Crippen molar-refractivity contribution in [1.29, 1.82) is 0 Å². The van der Waals surface area contributed by atoms with Crippen LogP contribution in [0.1, 0.15) is 0 Å². The van der Waals surface area contributed by atoms with Gasteiger partial charge in [0.05, 0.1) is 5.92 Å². The first-order valence-electron chi connectivity index (χ1n) is 3.81. The molecule has 1 amide bonds. The fraction of sp³-hybridized carbons (Fsp3) is 0.333. The van der Waals surface area contributed by atoms with Gasteiger partial charge in [0.15, 0.2) is 0 Å².